The third-order valence-corrected chi connectivity index (χ3v) is 5.98. The van der Waals surface area contributed by atoms with Crippen molar-refractivity contribution in [2.75, 3.05) is 7.05 Å². The standard InChI is InChI=1S/C19H16FN3O3S/c1-21-11-13-10-16(14-4-3-8-22-19(14)20)23(12-13)27(24,25)18-6-2-5-17-15(18)7-9-26-17/h2-10,12,21H,11H2,1H3. The molecule has 4 rings (SSSR count). The van der Waals surface area contributed by atoms with Crippen LogP contribution in [0, 0.1) is 5.95 Å². The maximum absolute atomic E-state index is 14.3. The smallest absolute Gasteiger partial charge is 0.268 e. The van der Waals surface area contributed by atoms with E-state index in [2.05, 4.69) is 10.3 Å². The molecule has 0 aliphatic rings. The van der Waals surface area contributed by atoms with Gasteiger partial charge in [0.2, 0.25) is 5.95 Å². The van der Waals surface area contributed by atoms with Crippen LogP contribution in [0.15, 0.2) is 70.4 Å². The maximum atomic E-state index is 14.3. The van der Waals surface area contributed by atoms with Crippen LogP contribution in [0.3, 0.4) is 0 Å². The predicted octanol–water partition coefficient (Wildman–Crippen LogP) is 3.39. The van der Waals surface area contributed by atoms with Crippen molar-refractivity contribution in [3.8, 4) is 11.3 Å². The average molecular weight is 385 g/mol. The van der Waals surface area contributed by atoms with E-state index in [-0.39, 0.29) is 16.2 Å². The van der Waals surface area contributed by atoms with Crippen molar-refractivity contribution in [3.05, 3.63) is 72.6 Å². The van der Waals surface area contributed by atoms with Crippen LogP contribution < -0.4 is 5.32 Å². The van der Waals surface area contributed by atoms with Gasteiger partial charge >= 0.3 is 0 Å². The lowest BCUT2D eigenvalue weighted by molar-refractivity contribution is 0.583. The normalized spacial score (nSPS) is 11.9. The highest BCUT2D eigenvalue weighted by molar-refractivity contribution is 7.90. The summed E-state index contributed by atoms with van der Waals surface area (Å²) >= 11 is 0. The van der Waals surface area contributed by atoms with Gasteiger partial charge in [0.15, 0.2) is 0 Å². The third-order valence-electron chi connectivity index (χ3n) is 4.25. The van der Waals surface area contributed by atoms with E-state index in [1.165, 1.54) is 30.8 Å². The second-order valence-electron chi connectivity index (χ2n) is 6.00. The van der Waals surface area contributed by atoms with Crippen molar-refractivity contribution in [1.82, 2.24) is 14.3 Å². The Morgan fingerprint density at radius 2 is 2.07 bits per heavy atom. The topological polar surface area (TPSA) is 77.1 Å². The molecule has 0 aliphatic carbocycles. The van der Waals surface area contributed by atoms with Gasteiger partial charge in [0.1, 0.15) is 5.58 Å². The number of halogens is 1. The molecule has 3 heterocycles. The fraction of sp³-hybridized carbons (Fsp3) is 0.105. The van der Waals surface area contributed by atoms with Crippen molar-refractivity contribution in [2.45, 2.75) is 11.4 Å². The molecule has 0 atom stereocenters. The minimum atomic E-state index is -3.99. The zero-order valence-electron chi connectivity index (χ0n) is 14.4. The largest absolute Gasteiger partial charge is 0.464 e. The number of aromatic nitrogens is 2. The summed E-state index contributed by atoms with van der Waals surface area (Å²) in [6, 6.07) is 11.1. The molecule has 6 nitrogen and oxygen atoms in total. The molecule has 0 radical (unpaired) electrons. The van der Waals surface area contributed by atoms with Gasteiger partial charge in [-0.15, -0.1) is 0 Å². The molecule has 8 heteroatoms. The van der Waals surface area contributed by atoms with Crippen LogP contribution in [0.25, 0.3) is 22.2 Å². The number of fused-ring (bicyclic) bond motifs is 1. The summed E-state index contributed by atoms with van der Waals surface area (Å²) in [6.07, 6.45) is 4.25. The van der Waals surface area contributed by atoms with Gasteiger partial charge in [-0.3, -0.25) is 0 Å². The van der Waals surface area contributed by atoms with E-state index < -0.39 is 16.0 Å². The summed E-state index contributed by atoms with van der Waals surface area (Å²) in [7, 11) is -2.24. The summed E-state index contributed by atoms with van der Waals surface area (Å²) in [6.45, 7) is 0.438. The van der Waals surface area contributed by atoms with Crippen LogP contribution >= 0.6 is 0 Å². The van der Waals surface area contributed by atoms with E-state index in [1.54, 1.807) is 37.4 Å². The maximum Gasteiger partial charge on any atom is 0.268 e. The van der Waals surface area contributed by atoms with Crippen LogP contribution in [0.1, 0.15) is 5.56 Å². The van der Waals surface area contributed by atoms with Crippen molar-refractivity contribution in [3.63, 3.8) is 0 Å². The fourth-order valence-corrected chi connectivity index (χ4v) is 4.66. The lowest BCUT2D eigenvalue weighted by Crippen LogP contribution is -2.14. The van der Waals surface area contributed by atoms with Gasteiger partial charge in [-0.05, 0) is 49.0 Å². The highest BCUT2D eigenvalue weighted by Crippen LogP contribution is 2.31. The third kappa shape index (κ3) is 2.92. The molecule has 0 bridgehead atoms. The summed E-state index contributed by atoms with van der Waals surface area (Å²) in [4.78, 5) is 3.73. The summed E-state index contributed by atoms with van der Waals surface area (Å²) in [5.74, 6) is -0.732. The second kappa shape index (κ2) is 6.64. The number of hydrogen-bond donors (Lipinski definition) is 1. The Hall–Kier alpha value is -2.97. The van der Waals surface area contributed by atoms with Gasteiger partial charge in [-0.1, -0.05) is 6.07 Å². The lowest BCUT2D eigenvalue weighted by atomic mass is 10.2. The zero-order chi connectivity index (χ0) is 19.0. The van der Waals surface area contributed by atoms with Crippen LogP contribution in [0.2, 0.25) is 0 Å². The summed E-state index contributed by atoms with van der Waals surface area (Å²) < 4.78 is 47.6. The number of hydrogen-bond acceptors (Lipinski definition) is 5. The summed E-state index contributed by atoms with van der Waals surface area (Å²) in [5, 5.41) is 3.45. The van der Waals surface area contributed by atoms with Gasteiger partial charge in [0.25, 0.3) is 10.0 Å². The van der Waals surface area contributed by atoms with Crippen molar-refractivity contribution >= 4 is 21.0 Å². The van der Waals surface area contributed by atoms with E-state index >= 15 is 0 Å². The Labute approximate surface area is 155 Å². The molecular weight excluding hydrogens is 369 g/mol. The number of pyridine rings is 1. The van der Waals surface area contributed by atoms with Crippen LogP contribution in [-0.2, 0) is 16.6 Å². The number of rotatable bonds is 5. The van der Waals surface area contributed by atoms with Crippen LogP contribution in [-0.4, -0.2) is 24.4 Å². The number of nitrogens with one attached hydrogen (secondary N) is 1. The molecule has 0 amide bonds. The number of furan rings is 1. The fourth-order valence-electron chi connectivity index (χ4n) is 3.07. The van der Waals surface area contributed by atoms with Crippen molar-refractivity contribution in [2.24, 2.45) is 0 Å². The molecule has 1 aromatic carbocycles. The van der Waals surface area contributed by atoms with E-state index in [4.69, 9.17) is 4.42 Å². The van der Waals surface area contributed by atoms with Crippen LogP contribution in [0.5, 0.6) is 0 Å². The molecule has 0 saturated heterocycles. The molecule has 0 spiro atoms. The van der Waals surface area contributed by atoms with E-state index in [0.29, 0.717) is 23.1 Å². The molecule has 0 fully saturated rings. The molecule has 0 unspecified atom stereocenters. The Morgan fingerprint density at radius 1 is 1.22 bits per heavy atom. The molecule has 4 aromatic rings. The minimum Gasteiger partial charge on any atom is -0.464 e. The molecule has 27 heavy (non-hydrogen) atoms. The molecule has 0 saturated carbocycles. The Bertz CT molecular complexity index is 1230. The highest BCUT2D eigenvalue weighted by Gasteiger charge is 2.25. The first kappa shape index (κ1) is 17.4. The van der Waals surface area contributed by atoms with Gasteiger partial charge < -0.3 is 9.73 Å². The summed E-state index contributed by atoms with van der Waals surface area (Å²) in [5.41, 5.74) is 1.50. The first-order valence-electron chi connectivity index (χ1n) is 8.21. The van der Waals surface area contributed by atoms with Gasteiger partial charge in [0, 0.05) is 24.3 Å². The Morgan fingerprint density at radius 3 is 2.85 bits per heavy atom. The molecule has 0 aliphatic heterocycles. The highest BCUT2D eigenvalue weighted by atomic mass is 32.2. The van der Waals surface area contributed by atoms with E-state index in [0.717, 1.165) is 3.97 Å². The zero-order valence-corrected chi connectivity index (χ0v) is 15.2. The first-order chi connectivity index (χ1) is 13.0. The van der Waals surface area contributed by atoms with Gasteiger partial charge in [0.05, 0.1) is 22.4 Å². The molecule has 1 N–H and O–H groups in total. The van der Waals surface area contributed by atoms with Crippen molar-refractivity contribution in [1.29, 1.82) is 0 Å². The molecule has 3 aromatic heterocycles. The van der Waals surface area contributed by atoms with Crippen molar-refractivity contribution < 1.29 is 17.2 Å². The lowest BCUT2D eigenvalue weighted by Gasteiger charge is -2.11. The average Bonchev–Trinajstić information content (AvgIpc) is 3.29. The molecule has 138 valence electrons. The first-order valence-corrected chi connectivity index (χ1v) is 9.65. The van der Waals surface area contributed by atoms with Gasteiger partial charge in [-0.2, -0.15) is 4.39 Å². The monoisotopic (exact) mass is 385 g/mol. The SMILES string of the molecule is CNCc1cc(-c2cccnc2F)n(S(=O)(=O)c2cccc3occc23)c1. The Kier molecular flexibility index (Phi) is 4.29. The van der Waals surface area contributed by atoms with E-state index in [9.17, 15) is 12.8 Å². The quantitative estimate of drug-likeness (QED) is 0.533. The Balaban J connectivity index is 1.98. The number of benzene rings is 1. The van der Waals surface area contributed by atoms with E-state index in [1.807, 2.05) is 0 Å². The minimum absolute atomic E-state index is 0.0888. The van der Waals surface area contributed by atoms with Gasteiger partial charge in [-0.25, -0.2) is 17.4 Å². The molecular formula is C19H16FN3O3S. The predicted molar refractivity (Wildman–Crippen MR) is 99.2 cm³/mol. The second-order valence-corrected chi connectivity index (χ2v) is 7.78. The number of nitrogens with zero attached hydrogens (tertiary/aromatic N) is 2. The van der Waals surface area contributed by atoms with Crippen LogP contribution in [0.4, 0.5) is 4.39 Å².